The molecule has 1 aliphatic carbocycles. The molecule has 0 saturated carbocycles. The summed E-state index contributed by atoms with van der Waals surface area (Å²) in [6, 6.07) is 14.2. The van der Waals surface area contributed by atoms with E-state index in [-0.39, 0.29) is 41.0 Å². The normalized spacial score (nSPS) is 21.0. The summed E-state index contributed by atoms with van der Waals surface area (Å²) >= 11 is 6.33. The minimum Gasteiger partial charge on any atom is -0.324 e. The molecule has 0 aromatic heterocycles. The summed E-state index contributed by atoms with van der Waals surface area (Å²) in [7, 11) is 0. The summed E-state index contributed by atoms with van der Waals surface area (Å²) in [6.07, 6.45) is 5.32. The Balaban J connectivity index is 1.50. The van der Waals surface area contributed by atoms with Crippen LogP contribution in [0.25, 0.3) is 0 Å². The quantitative estimate of drug-likeness (QED) is 0.630. The summed E-state index contributed by atoms with van der Waals surface area (Å²) in [5.74, 6) is -1.14. The topological polar surface area (TPSA) is 66.5 Å². The average Bonchev–Trinajstić information content (AvgIpc) is 2.95. The van der Waals surface area contributed by atoms with Crippen LogP contribution in [0.5, 0.6) is 0 Å². The van der Waals surface area contributed by atoms with Crippen LogP contribution >= 0.6 is 11.6 Å². The van der Waals surface area contributed by atoms with Gasteiger partial charge in [-0.25, -0.2) is 4.90 Å². The first kappa shape index (κ1) is 18.4. The molecule has 1 heterocycles. The molecular formula is C22H19ClN2O3. The minimum absolute atomic E-state index is 0.184. The van der Waals surface area contributed by atoms with Crippen LogP contribution in [-0.4, -0.2) is 17.7 Å². The highest BCUT2D eigenvalue weighted by Crippen LogP contribution is 2.39. The molecule has 3 amide bonds. The third kappa shape index (κ3) is 3.45. The highest BCUT2D eigenvalue weighted by atomic mass is 35.5. The Morgan fingerprint density at radius 1 is 1.00 bits per heavy atom. The van der Waals surface area contributed by atoms with Crippen LogP contribution in [0.4, 0.5) is 11.4 Å². The molecule has 6 heteroatoms. The van der Waals surface area contributed by atoms with Gasteiger partial charge in [-0.3, -0.25) is 14.4 Å². The Morgan fingerprint density at radius 3 is 2.25 bits per heavy atom. The smallest absolute Gasteiger partial charge is 0.238 e. The van der Waals surface area contributed by atoms with Crippen molar-refractivity contribution in [2.24, 2.45) is 11.8 Å². The fourth-order valence-electron chi connectivity index (χ4n) is 3.77. The number of nitrogens with one attached hydrogen (secondary N) is 1. The van der Waals surface area contributed by atoms with E-state index in [9.17, 15) is 14.4 Å². The first-order valence-corrected chi connectivity index (χ1v) is 9.58. The number of benzene rings is 2. The number of allylic oxidation sites excluding steroid dienone is 2. The van der Waals surface area contributed by atoms with E-state index in [0.29, 0.717) is 24.2 Å². The third-order valence-corrected chi connectivity index (χ3v) is 5.51. The fourth-order valence-corrected chi connectivity index (χ4v) is 4.00. The SMILES string of the molecule is O=C(Cc1ccccc1)Nc1ccc(N2C(=O)C3CC=CCC3C2=O)cc1Cl. The summed E-state index contributed by atoms with van der Waals surface area (Å²) in [5, 5.41) is 3.06. The molecule has 2 atom stereocenters. The molecule has 4 rings (SSSR count). The number of carbonyl (C=O) groups is 3. The fraction of sp³-hybridized carbons (Fsp3) is 0.227. The molecule has 1 fully saturated rings. The van der Waals surface area contributed by atoms with Gasteiger partial charge in [0.2, 0.25) is 17.7 Å². The second-order valence-corrected chi connectivity index (χ2v) is 7.45. The van der Waals surface area contributed by atoms with Crippen molar-refractivity contribution in [3.8, 4) is 0 Å². The van der Waals surface area contributed by atoms with Gasteiger partial charge >= 0.3 is 0 Å². The summed E-state index contributed by atoms with van der Waals surface area (Å²) in [5.41, 5.74) is 1.79. The lowest BCUT2D eigenvalue weighted by molar-refractivity contribution is -0.122. The van der Waals surface area contributed by atoms with E-state index in [1.54, 1.807) is 18.2 Å². The van der Waals surface area contributed by atoms with Crippen molar-refractivity contribution in [1.29, 1.82) is 0 Å². The molecule has 2 unspecified atom stereocenters. The van der Waals surface area contributed by atoms with E-state index in [1.807, 2.05) is 42.5 Å². The maximum atomic E-state index is 12.7. The molecule has 0 radical (unpaired) electrons. The van der Waals surface area contributed by atoms with E-state index in [2.05, 4.69) is 5.32 Å². The van der Waals surface area contributed by atoms with Gasteiger partial charge in [0, 0.05) is 0 Å². The number of imide groups is 1. The maximum Gasteiger partial charge on any atom is 0.238 e. The van der Waals surface area contributed by atoms with E-state index in [0.717, 1.165) is 5.56 Å². The van der Waals surface area contributed by atoms with Crippen LogP contribution in [-0.2, 0) is 20.8 Å². The van der Waals surface area contributed by atoms with Crippen molar-refractivity contribution < 1.29 is 14.4 Å². The van der Waals surface area contributed by atoms with Gasteiger partial charge in [0.15, 0.2) is 0 Å². The second-order valence-electron chi connectivity index (χ2n) is 7.04. The van der Waals surface area contributed by atoms with Crippen molar-refractivity contribution >= 4 is 40.7 Å². The Morgan fingerprint density at radius 2 is 1.64 bits per heavy atom. The molecule has 0 bridgehead atoms. The number of hydrogen-bond donors (Lipinski definition) is 1. The van der Waals surface area contributed by atoms with Crippen molar-refractivity contribution in [2.75, 3.05) is 10.2 Å². The maximum absolute atomic E-state index is 12.7. The van der Waals surface area contributed by atoms with Gasteiger partial charge in [-0.15, -0.1) is 0 Å². The Labute approximate surface area is 168 Å². The lowest BCUT2D eigenvalue weighted by Gasteiger charge is -2.16. The number of anilines is 2. The predicted octanol–water partition coefficient (Wildman–Crippen LogP) is 3.98. The molecule has 0 spiro atoms. The Kier molecular flexibility index (Phi) is 5.01. The van der Waals surface area contributed by atoms with Crippen LogP contribution in [0.3, 0.4) is 0 Å². The standard InChI is InChI=1S/C22H19ClN2O3/c23-18-13-15(25-21(27)16-8-4-5-9-17(16)22(25)28)10-11-19(18)24-20(26)12-14-6-2-1-3-7-14/h1-7,10-11,13,16-17H,8-9,12H2,(H,24,26). The zero-order valence-electron chi connectivity index (χ0n) is 15.1. The van der Waals surface area contributed by atoms with Gasteiger partial charge in [-0.1, -0.05) is 54.1 Å². The van der Waals surface area contributed by atoms with Crippen LogP contribution in [0.1, 0.15) is 18.4 Å². The molecule has 5 nitrogen and oxygen atoms in total. The molecule has 28 heavy (non-hydrogen) atoms. The average molecular weight is 395 g/mol. The van der Waals surface area contributed by atoms with Crippen LogP contribution < -0.4 is 10.2 Å². The van der Waals surface area contributed by atoms with Gasteiger partial charge < -0.3 is 5.32 Å². The first-order valence-electron chi connectivity index (χ1n) is 9.21. The van der Waals surface area contributed by atoms with E-state index in [4.69, 9.17) is 11.6 Å². The largest absolute Gasteiger partial charge is 0.324 e. The van der Waals surface area contributed by atoms with Gasteiger partial charge in [0.25, 0.3) is 0 Å². The van der Waals surface area contributed by atoms with Crippen molar-refractivity contribution in [2.45, 2.75) is 19.3 Å². The summed E-state index contributed by atoms with van der Waals surface area (Å²) in [6.45, 7) is 0. The van der Waals surface area contributed by atoms with Gasteiger partial charge in [0.05, 0.1) is 34.7 Å². The van der Waals surface area contributed by atoms with E-state index in [1.165, 1.54) is 4.90 Å². The number of fused-ring (bicyclic) bond motifs is 1. The van der Waals surface area contributed by atoms with Gasteiger partial charge in [-0.05, 0) is 36.6 Å². The van der Waals surface area contributed by atoms with Gasteiger partial charge in [-0.2, -0.15) is 0 Å². The molecule has 2 aromatic rings. The number of hydrogen-bond acceptors (Lipinski definition) is 3. The molecule has 1 saturated heterocycles. The lowest BCUT2D eigenvalue weighted by atomic mass is 9.85. The predicted molar refractivity (Wildman–Crippen MR) is 108 cm³/mol. The Bertz CT molecular complexity index is 945. The number of carbonyl (C=O) groups excluding carboxylic acids is 3. The van der Waals surface area contributed by atoms with E-state index < -0.39 is 0 Å². The molecule has 2 aliphatic rings. The van der Waals surface area contributed by atoms with Crippen LogP contribution in [0.15, 0.2) is 60.7 Å². The van der Waals surface area contributed by atoms with Crippen LogP contribution in [0, 0.1) is 11.8 Å². The van der Waals surface area contributed by atoms with Crippen LogP contribution in [0.2, 0.25) is 5.02 Å². The minimum atomic E-state index is -0.290. The van der Waals surface area contributed by atoms with Gasteiger partial charge in [0.1, 0.15) is 0 Å². The highest BCUT2D eigenvalue weighted by molar-refractivity contribution is 6.34. The van der Waals surface area contributed by atoms with Crippen molar-refractivity contribution in [3.05, 3.63) is 71.3 Å². The molecule has 1 aliphatic heterocycles. The Hall–Kier alpha value is -2.92. The van der Waals surface area contributed by atoms with E-state index >= 15 is 0 Å². The van der Waals surface area contributed by atoms with Crippen molar-refractivity contribution in [3.63, 3.8) is 0 Å². The van der Waals surface area contributed by atoms with Crippen molar-refractivity contribution in [1.82, 2.24) is 0 Å². The number of amides is 3. The molecular weight excluding hydrogens is 376 g/mol. The first-order chi connectivity index (χ1) is 13.5. The highest BCUT2D eigenvalue weighted by Gasteiger charge is 2.47. The molecule has 142 valence electrons. The molecule has 1 N–H and O–H groups in total. The monoisotopic (exact) mass is 394 g/mol. The summed E-state index contributed by atoms with van der Waals surface area (Å²) in [4.78, 5) is 38.9. The third-order valence-electron chi connectivity index (χ3n) is 5.20. The second kappa shape index (κ2) is 7.60. The summed E-state index contributed by atoms with van der Waals surface area (Å²) < 4.78 is 0. The number of nitrogens with zero attached hydrogens (tertiary/aromatic N) is 1. The number of rotatable bonds is 4. The number of halogens is 1. The zero-order valence-corrected chi connectivity index (χ0v) is 15.9. The zero-order chi connectivity index (χ0) is 19.7. The lowest BCUT2D eigenvalue weighted by Crippen LogP contribution is -2.30. The molecule has 2 aromatic carbocycles.